The van der Waals surface area contributed by atoms with Crippen LogP contribution in [0.4, 0.5) is 0 Å². The fraction of sp³-hybridized carbons (Fsp3) is 0.588. The average molecular weight is 325 g/mol. The Morgan fingerprint density at radius 2 is 1.68 bits per heavy atom. The molecule has 1 aromatic carbocycles. The number of benzene rings is 1. The number of carbonyl (C=O) groups excluding carboxylic acids is 1. The van der Waals surface area contributed by atoms with Crippen molar-refractivity contribution in [3.8, 4) is 5.75 Å². The normalized spacial score (nSPS) is 21.4. The standard InChI is InChI=1S/C17H25ClN2O2/c1-12(21)19-14-10-16(2,3)20(17(4,5)11-14)22-15-8-6-13(18)7-9-15/h6-9,14H,10-11H2,1-5H3,(H,19,21). The molecule has 0 unspecified atom stereocenters. The summed E-state index contributed by atoms with van der Waals surface area (Å²) in [5.41, 5.74) is -0.400. The zero-order chi connectivity index (χ0) is 16.5. The quantitative estimate of drug-likeness (QED) is 0.919. The Morgan fingerprint density at radius 1 is 1.18 bits per heavy atom. The molecule has 1 amide bonds. The second-order valence-corrected chi connectivity index (χ2v) is 7.71. The van der Waals surface area contributed by atoms with Crippen LogP contribution in [0.15, 0.2) is 24.3 Å². The van der Waals surface area contributed by atoms with E-state index in [1.165, 1.54) is 0 Å². The number of hydrogen-bond donors (Lipinski definition) is 1. The first-order chi connectivity index (χ1) is 10.1. The summed E-state index contributed by atoms with van der Waals surface area (Å²) in [6, 6.07) is 7.54. The first-order valence-corrected chi connectivity index (χ1v) is 7.99. The molecule has 2 rings (SSSR count). The monoisotopic (exact) mass is 324 g/mol. The van der Waals surface area contributed by atoms with E-state index >= 15 is 0 Å². The number of rotatable bonds is 3. The zero-order valence-corrected chi connectivity index (χ0v) is 14.7. The molecule has 1 fully saturated rings. The van der Waals surface area contributed by atoms with Gasteiger partial charge in [-0.2, -0.15) is 0 Å². The highest BCUT2D eigenvalue weighted by Crippen LogP contribution is 2.39. The number of nitrogens with one attached hydrogen (secondary N) is 1. The molecule has 1 aliphatic rings. The van der Waals surface area contributed by atoms with Crippen molar-refractivity contribution in [2.24, 2.45) is 0 Å². The number of amides is 1. The van der Waals surface area contributed by atoms with E-state index in [9.17, 15) is 4.79 Å². The topological polar surface area (TPSA) is 41.6 Å². The van der Waals surface area contributed by atoms with Crippen molar-refractivity contribution in [2.75, 3.05) is 0 Å². The van der Waals surface area contributed by atoms with Crippen molar-refractivity contribution < 1.29 is 9.63 Å². The third-order valence-electron chi connectivity index (χ3n) is 4.01. The van der Waals surface area contributed by atoms with Crippen LogP contribution in [0.3, 0.4) is 0 Å². The van der Waals surface area contributed by atoms with Crippen LogP contribution in [-0.4, -0.2) is 28.1 Å². The van der Waals surface area contributed by atoms with Crippen molar-refractivity contribution in [3.63, 3.8) is 0 Å². The number of hydrogen-bond acceptors (Lipinski definition) is 3. The number of hydroxylamine groups is 2. The largest absolute Gasteiger partial charge is 0.405 e. The maximum Gasteiger partial charge on any atom is 0.217 e. The molecule has 1 heterocycles. The van der Waals surface area contributed by atoms with Crippen LogP contribution >= 0.6 is 11.6 Å². The second-order valence-electron chi connectivity index (χ2n) is 7.27. The van der Waals surface area contributed by atoms with Gasteiger partial charge in [0.15, 0.2) is 0 Å². The molecular weight excluding hydrogens is 300 g/mol. The highest BCUT2D eigenvalue weighted by atomic mass is 35.5. The Labute approximate surface area is 137 Å². The molecule has 1 N–H and O–H groups in total. The van der Waals surface area contributed by atoms with Gasteiger partial charge in [-0.25, -0.2) is 0 Å². The maximum atomic E-state index is 11.4. The smallest absolute Gasteiger partial charge is 0.217 e. The van der Waals surface area contributed by atoms with Crippen molar-refractivity contribution >= 4 is 17.5 Å². The predicted octanol–water partition coefficient (Wildman–Crippen LogP) is 3.79. The van der Waals surface area contributed by atoms with Gasteiger partial charge in [-0.05, 0) is 64.8 Å². The molecule has 0 aromatic heterocycles. The van der Waals surface area contributed by atoms with Gasteiger partial charge in [0.2, 0.25) is 5.91 Å². The Balaban J connectivity index is 2.19. The second kappa shape index (κ2) is 6.09. The predicted molar refractivity (Wildman–Crippen MR) is 88.9 cm³/mol. The molecule has 5 heteroatoms. The molecule has 0 spiro atoms. The van der Waals surface area contributed by atoms with Crippen LogP contribution in [0.1, 0.15) is 47.5 Å². The van der Waals surface area contributed by atoms with E-state index in [0.717, 1.165) is 18.6 Å². The summed E-state index contributed by atoms with van der Waals surface area (Å²) in [5, 5.41) is 5.78. The molecule has 1 aromatic rings. The Morgan fingerprint density at radius 3 is 2.14 bits per heavy atom. The minimum Gasteiger partial charge on any atom is -0.405 e. The Hall–Kier alpha value is -1.26. The lowest BCUT2D eigenvalue weighted by atomic mass is 9.79. The lowest BCUT2D eigenvalue weighted by molar-refractivity contribution is -0.221. The van der Waals surface area contributed by atoms with Crippen LogP contribution in [0.25, 0.3) is 0 Å². The van der Waals surface area contributed by atoms with E-state index in [2.05, 4.69) is 33.0 Å². The Kier molecular flexibility index (Phi) is 4.73. The molecule has 1 aliphatic heterocycles. The molecule has 4 nitrogen and oxygen atoms in total. The van der Waals surface area contributed by atoms with E-state index in [0.29, 0.717) is 5.02 Å². The van der Waals surface area contributed by atoms with Crippen LogP contribution in [-0.2, 0) is 4.79 Å². The van der Waals surface area contributed by atoms with Gasteiger partial charge in [0, 0.05) is 18.0 Å². The van der Waals surface area contributed by atoms with E-state index in [1.54, 1.807) is 6.92 Å². The summed E-state index contributed by atoms with van der Waals surface area (Å²) in [6.45, 7) is 10.1. The Bertz CT molecular complexity index is 522. The van der Waals surface area contributed by atoms with Gasteiger partial charge in [-0.1, -0.05) is 11.6 Å². The minimum atomic E-state index is -0.200. The average Bonchev–Trinajstić information content (AvgIpc) is 2.34. The van der Waals surface area contributed by atoms with Gasteiger partial charge in [0.05, 0.1) is 11.1 Å². The van der Waals surface area contributed by atoms with E-state index < -0.39 is 0 Å². The van der Waals surface area contributed by atoms with Crippen LogP contribution < -0.4 is 10.2 Å². The molecule has 22 heavy (non-hydrogen) atoms. The fourth-order valence-corrected chi connectivity index (χ4v) is 3.63. The third kappa shape index (κ3) is 3.93. The van der Waals surface area contributed by atoms with Crippen molar-refractivity contribution in [2.45, 2.75) is 64.6 Å². The van der Waals surface area contributed by atoms with E-state index in [4.69, 9.17) is 16.4 Å². The molecular formula is C17H25ClN2O2. The van der Waals surface area contributed by atoms with Crippen LogP contribution in [0.2, 0.25) is 5.02 Å². The van der Waals surface area contributed by atoms with Crippen LogP contribution in [0.5, 0.6) is 5.75 Å². The molecule has 0 radical (unpaired) electrons. The summed E-state index contributed by atoms with van der Waals surface area (Å²) < 4.78 is 0. The van der Waals surface area contributed by atoms with Gasteiger partial charge in [-0.3, -0.25) is 4.79 Å². The fourth-order valence-electron chi connectivity index (χ4n) is 3.50. The van der Waals surface area contributed by atoms with Gasteiger partial charge < -0.3 is 10.2 Å². The first-order valence-electron chi connectivity index (χ1n) is 7.61. The lowest BCUT2D eigenvalue weighted by Crippen LogP contribution is -2.65. The maximum absolute atomic E-state index is 11.4. The number of piperidine rings is 1. The van der Waals surface area contributed by atoms with Gasteiger partial charge in [0.1, 0.15) is 5.75 Å². The number of nitrogens with zero attached hydrogens (tertiary/aromatic N) is 1. The minimum absolute atomic E-state index is 0.0173. The molecule has 122 valence electrons. The van der Waals surface area contributed by atoms with Crippen molar-refractivity contribution in [3.05, 3.63) is 29.3 Å². The molecule has 0 atom stereocenters. The SMILES string of the molecule is CC(=O)NC1CC(C)(C)N(Oc2ccc(Cl)cc2)C(C)(C)C1. The van der Waals surface area contributed by atoms with E-state index in [1.807, 2.05) is 29.3 Å². The molecule has 0 saturated carbocycles. The summed E-state index contributed by atoms with van der Waals surface area (Å²) in [6.07, 6.45) is 1.67. The number of carbonyl (C=O) groups is 1. The van der Waals surface area contributed by atoms with Gasteiger partial charge >= 0.3 is 0 Å². The highest BCUT2D eigenvalue weighted by molar-refractivity contribution is 6.30. The summed E-state index contributed by atoms with van der Waals surface area (Å²) in [5.74, 6) is 0.784. The summed E-state index contributed by atoms with van der Waals surface area (Å²) in [4.78, 5) is 17.5. The third-order valence-corrected chi connectivity index (χ3v) is 4.26. The summed E-state index contributed by atoms with van der Waals surface area (Å²) in [7, 11) is 0. The molecule has 0 bridgehead atoms. The van der Waals surface area contributed by atoms with Crippen molar-refractivity contribution in [1.29, 1.82) is 0 Å². The molecule has 0 aliphatic carbocycles. The number of halogens is 1. The highest BCUT2D eigenvalue weighted by Gasteiger charge is 2.47. The van der Waals surface area contributed by atoms with Gasteiger partial charge in [-0.15, -0.1) is 5.06 Å². The van der Waals surface area contributed by atoms with Crippen LogP contribution in [0, 0.1) is 0 Å². The summed E-state index contributed by atoms with van der Waals surface area (Å²) >= 11 is 5.92. The van der Waals surface area contributed by atoms with Crippen molar-refractivity contribution in [1.82, 2.24) is 10.4 Å². The van der Waals surface area contributed by atoms with Gasteiger partial charge in [0.25, 0.3) is 0 Å². The zero-order valence-electron chi connectivity index (χ0n) is 13.9. The molecule has 1 saturated heterocycles. The van der Waals surface area contributed by atoms with E-state index in [-0.39, 0.29) is 23.0 Å². The first kappa shape index (κ1) is 17.1. The lowest BCUT2D eigenvalue weighted by Gasteiger charge is -2.53.